The van der Waals surface area contributed by atoms with E-state index in [9.17, 15) is 4.79 Å². The van der Waals surface area contributed by atoms with E-state index in [2.05, 4.69) is 38.1 Å². The molecule has 2 rings (SSSR count). The number of aromatic nitrogens is 2. The number of rotatable bonds is 6. The van der Waals surface area contributed by atoms with Crippen LogP contribution in [0.5, 0.6) is 0 Å². The molecule has 0 radical (unpaired) electrons. The monoisotopic (exact) mass is 376 g/mol. The van der Waals surface area contributed by atoms with Gasteiger partial charge in [-0.15, -0.1) is 0 Å². The maximum absolute atomic E-state index is 12.2. The summed E-state index contributed by atoms with van der Waals surface area (Å²) < 4.78 is 1.03. The van der Waals surface area contributed by atoms with Crippen LogP contribution in [-0.4, -0.2) is 34.4 Å². The van der Waals surface area contributed by atoms with Crippen LogP contribution in [-0.2, 0) is 0 Å². The van der Waals surface area contributed by atoms with Gasteiger partial charge in [-0.3, -0.25) is 4.79 Å². The van der Waals surface area contributed by atoms with Crippen molar-refractivity contribution < 1.29 is 4.79 Å². The molecule has 0 saturated heterocycles. The van der Waals surface area contributed by atoms with Crippen LogP contribution in [0, 0.1) is 6.92 Å². The van der Waals surface area contributed by atoms with E-state index in [1.54, 1.807) is 24.3 Å². The minimum absolute atomic E-state index is 0.0511. The number of carbonyl (C=O) groups excluding carboxylic acids is 1. The highest BCUT2D eigenvalue weighted by Gasteiger charge is 2.12. The molecule has 0 fully saturated rings. The fraction of sp³-hybridized carbons (Fsp3) is 0.353. The van der Waals surface area contributed by atoms with Gasteiger partial charge < -0.3 is 10.2 Å². The van der Waals surface area contributed by atoms with E-state index in [1.165, 1.54) is 0 Å². The molecule has 1 amide bonds. The lowest BCUT2D eigenvalue weighted by Gasteiger charge is -2.16. The predicted molar refractivity (Wildman–Crippen MR) is 96.1 cm³/mol. The molecule has 1 N–H and O–H groups in total. The van der Waals surface area contributed by atoms with Gasteiger partial charge in [-0.1, -0.05) is 29.3 Å². The van der Waals surface area contributed by atoms with Crippen molar-refractivity contribution in [1.29, 1.82) is 0 Å². The number of benzene rings is 1. The summed E-state index contributed by atoms with van der Waals surface area (Å²) in [5, 5.41) is 3.16. The summed E-state index contributed by atoms with van der Waals surface area (Å²) in [5.41, 5.74) is 2.52. The highest BCUT2D eigenvalue weighted by molar-refractivity contribution is 9.10. The molecule has 0 bridgehead atoms. The van der Waals surface area contributed by atoms with Crippen molar-refractivity contribution in [3.05, 3.63) is 46.2 Å². The van der Waals surface area contributed by atoms with E-state index in [0.29, 0.717) is 11.5 Å². The van der Waals surface area contributed by atoms with E-state index in [0.717, 1.165) is 35.1 Å². The maximum atomic E-state index is 12.2. The number of hydrogen-bond acceptors (Lipinski definition) is 4. The topological polar surface area (TPSA) is 58.1 Å². The Balaban J connectivity index is 2.05. The Kier molecular flexibility index (Phi) is 6.10. The molecule has 1 aromatic carbocycles. The molecular weight excluding hydrogens is 356 g/mol. The molecule has 23 heavy (non-hydrogen) atoms. The summed E-state index contributed by atoms with van der Waals surface area (Å²) in [6, 6.07) is 5.93. The van der Waals surface area contributed by atoms with E-state index < -0.39 is 0 Å². The summed E-state index contributed by atoms with van der Waals surface area (Å²) in [4.78, 5) is 22.4. The molecule has 122 valence electrons. The molecule has 0 aliphatic heterocycles. The Morgan fingerprint density at radius 3 is 2.61 bits per heavy atom. The summed E-state index contributed by atoms with van der Waals surface area (Å²) in [6.45, 7) is 4.85. The van der Waals surface area contributed by atoms with Crippen molar-refractivity contribution in [1.82, 2.24) is 14.9 Å². The maximum Gasteiger partial charge on any atom is 0.256 e. The average Bonchev–Trinajstić information content (AvgIpc) is 2.55. The molecule has 0 aliphatic rings. The molecule has 1 aromatic heterocycles. The SMILES string of the molecule is CCCCN(C)C(=O)c1cnc(Nc2ccc(Br)cc2C)nc1. The van der Waals surface area contributed by atoms with Crippen molar-refractivity contribution in [2.45, 2.75) is 26.7 Å². The quantitative estimate of drug-likeness (QED) is 0.821. The third-order valence-corrected chi connectivity index (χ3v) is 4.02. The summed E-state index contributed by atoms with van der Waals surface area (Å²) in [5.74, 6) is 0.424. The minimum Gasteiger partial charge on any atom is -0.342 e. The fourth-order valence-corrected chi connectivity index (χ4v) is 2.58. The van der Waals surface area contributed by atoms with Crippen molar-refractivity contribution in [3.63, 3.8) is 0 Å². The Morgan fingerprint density at radius 2 is 2.00 bits per heavy atom. The molecule has 2 aromatic rings. The number of halogens is 1. The number of carbonyl (C=O) groups is 1. The number of anilines is 2. The van der Waals surface area contributed by atoms with Crippen LogP contribution in [0.2, 0.25) is 0 Å². The van der Waals surface area contributed by atoms with E-state index >= 15 is 0 Å². The van der Waals surface area contributed by atoms with Crippen LogP contribution >= 0.6 is 15.9 Å². The van der Waals surface area contributed by atoms with Crippen LogP contribution in [0.15, 0.2) is 35.1 Å². The average molecular weight is 377 g/mol. The summed E-state index contributed by atoms with van der Waals surface area (Å²) >= 11 is 3.44. The van der Waals surface area contributed by atoms with Crippen molar-refractivity contribution >= 4 is 33.5 Å². The molecule has 0 saturated carbocycles. The van der Waals surface area contributed by atoms with Crippen LogP contribution in [0.1, 0.15) is 35.7 Å². The first kappa shape index (κ1) is 17.4. The number of hydrogen-bond donors (Lipinski definition) is 1. The van der Waals surface area contributed by atoms with E-state index in [1.807, 2.05) is 25.1 Å². The smallest absolute Gasteiger partial charge is 0.256 e. The minimum atomic E-state index is -0.0511. The van der Waals surface area contributed by atoms with Crippen molar-refractivity contribution in [3.8, 4) is 0 Å². The lowest BCUT2D eigenvalue weighted by molar-refractivity contribution is 0.0792. The zero-order valence-electron chi connectivity index (χ0n) is 13.6. The van der Waals surface area contributed by atoms with E-state index in [4.69, 9.17) is 0 Å². The van der Waals surface area contributed by atoms with Gasteiger partial charge in [-0.05, 0) is 37.1 Å². The molecule has 5 nitrogen and oxygen atoms in total. The Labute approximate surface area is 145 Å². The van der Waals surface area contributed by atoms with Gasteiger partial charge in [0, 0.05) is 36.1 Å². The first-order chi connectivity index (χ1) is 11.0. The largest absolute Gasteiger partial charge is 0.342 e. The highest BCUT2D eigenvalue weighted by atomic mass is 79.9. The summed E-state index contributed by atoms with van der Waals surface area (Å²) in [7, 11) is 1.80. The van der Waals surface area contributed by atoms with Crippen LogP contribution in [0.3, 0.4) is 0 Å². The summed E-state index contributed by atoms with van der Waals surface area (Å²) in [6.07, 6.45) is 5.18. The van der Waals surface area contributed by atoms with Gasteiger partial charge in [-0.2, -0.15) is 0 Å². The zero-order valence-corrected chi connectivity index (χ0v) is 15.2. The Hall–Kier alpha value is -1.95. The zero-order chi connectivity index (χ0) is 16.8. The second-order valence-corrected chi connectivity index (χ2v) is 6.38. The Morgan fingerprint density at radius 1 is 1.30 bits per heavy atom. The first-order valence-electron chi connectivity index (χ1n) is 7.62. The van der Waals surface area contributed by atoms with E-state index in [-0.39, 0.29) is 5.91 Å². The number of nitrogens with zero attached hydrogens (tertiary/aromatic N) is 3. The van der Waals surface area contributed by atoms with Gasteiger partial charge in [0.05, 0.1) is 5.56 Å². The molecule has 0 aliphatic carbocycles. The first-order valence-corrected chi connectivity index (χ1v) is 8.41. The lowest BCUT2D eigenvalue weighted by atomic mass is 10.2. The molecule has 1 heterocycles. The van der Waals surface area contributed by atoms with Crippen LogP contribution in [0.25, 0.3) is 0 Å². The fourth-order valence-electron chi connectivity index (χ4n) is 2.11. The number of unbranched alkanes of at least 4 members (excludes halogenated alkanes) is 1. The second-order valence-electron chi connectivity index (χ2n) is 5.46. The standard InChI is InChI=1S/C17H21BrN4O/c1-4-5-8-22(3)16(23)13-10-19-17(20-11-13)21-15-7-6-14(18)9-12(15)2/h6-7,9-11H,4-5,8H2,1-3H3,(H,19,20,21). The van der Waals surface area contributed by atoms with Gasteiger partial charge >= 0.3 is 0 Å². The third kappa shape index (κ3) is 4.76. The molecule has 0 spiro atoms. The second kappa shape index (κ2) is 8.06. The number of nitrogens with one attached hydrogen (secondary N) is 1. The molecular formula is C17H21BrN4O. The molecule has 0 unspecified atom stereocenters. The number of amides is 1. The van der Waals surface area contributed by atoms with Crippen molar-refractivity contribution in [2.24, 2.45) is 0 Å². The molecule has 0 atom stereocenters. The van der Waals surface area contributed by atoms with Crippen LogP contribution in [0.4, 0.5) is 11.6 Å². The third-order valence-electron chi connectivity index (χ3n) is 3.53. The predicted octanol–water partition coefficient (Wildman–Crippen LogP) is 4.16. The lowest BCUT2D eigenvalue weighted by Crippen LogP contribution is -2.27. The molecule has 6 heteroatoms. The van der Waals surface area contributed by atoms with Crippen molar-refractivity contribution in [2.75, 3.05) is 18.9 Å². The van der Waals surface area contributed by atoms with Gasteiger partial charge in [-0.25, -0.2) is 9.97 Å². The van der Waals surface area contributed by atoms with Gasteiger partial charge in [0.15, 0.2) is 0 Å². The Bertz CT molecular complexity index is 673. The normalized spacial score (nSPS) is 10.4. The van der Waals surface area contributed by atoms with Gasteiger partial charge in [0.25, 0.3) is 5.91 Å². The number of aryl methyl sites for hydroxylation is 1. The van der Waals surface area contributed by atoms with Gasteiger partial charge in [0.1, 0.15) is 0 Å². The highest BCUT2D eigenvalue weighted by Crippen LogP contribution is 2.22. The van der Waals surface area contributed by atoms with Gasteiger partial charge in [0.2, 0.25) is 5.95 Å². The van der Waals surface area contributed by atoms with Crippen LogP contribution < -0.4 is 5.32 Å².